The maximum Gasteiger partial charge on any atom is 0.0892 e. The van der Waals surface area contributed by atoms with Gasteiger partial charge in [-0.25, -0.2) is 0 Å². The molecule has 1 saturated heterocycles. The SMILES string of the molecule is C/C(=C\CSc1ccc(C)cc1)CC/C=C(\C)CCC1OC1(C)C. The molecule has 2 heteroatoms. The lowest BCUT2D eigenvalue weighted by molar-refractivity contribution is 0.320. The van der Waals surface area contributed by atoms with Crippen LogP contribution in [0.25, 0.3) is 0 Å². The molecule has 1 aromatic rings. The molecule has 1 unspecified atom stereocenters. The zero-order chi connectivity index (χ0) is 17.6. The summed E-state index contributed by atoms with van der Waals surface area (Å²) in [5.41, 5.74) is 4.45. The molecule has 0 spiro atoms. The van der Waals surface area contributed by atoms with E-state index in [1.165, 1.54) is 28.0 Å². The van der Waals surface area contributed by atoms with Crippen LogP contribution >= 0.6 is 11.8 Å². The molecule has 1 aliphatic rings. The molecule has 1 aliphatic heterocycles. The Morgan fingerprint density at radius 2 is 1.71 bits per heavy atom. The van der Waals surface area contributed by atoms with Crippen LogP contribution in [0.3, 0.4) is 0 Å². The third-order valence-electron chi connectivity index (χ3n) is 4.70. The molecule has 1 heterocycles. The Balaban J connectivity index is 1.61. The summed E-state index contributed by atoms with van der Waals surface area (Å²) >= 11 is 1.91. The van der Waals surface area contributed by atoms with Crippen molar-refractivity contribution in [3.63, 3.8) is 0 Å². The highest BCUT2D eigenvalue weighted by Crippen LogP contribution is 2.38. The van der Waals surface area contributed by atoms with Crippen molar-refractivity contribution in [1.29, 1.82) is 0 Å². The van der Waals surface area contributed by atoms with Crippen molar-refractivity contribution in [1.82, 2.24) is 0 Å². The molecular formula is C22H32OS. The first-order chi connectivity index (χ1) is 11.4. The Morgan fingerprint density at radius 3 is 2.33 bits per heavy atom. The van der Waals surface area contributed by atoms with E-state index in [9.17, 15) is 0 Å². The van der Waals surface area contributed by atoms with Crippen molar-refractivity contribution in [2.24, 2.45) is 0 Å². The number of aryl methyl sites for hydroxylation is 1. The molecule has 132 valence electrons. The van der Waals surface area contributed by atoms with Crippen molar-refractivity contribution < 1.29 is 4.74 Å². The average molecular weight is 345 g/mol. The number of thioether (sulfide) groups is 1. The monoisotopic (exact) mass is 344 g/mol. The van der Waals surface area contributed by atoms with E-state index in [2.05, 4.69) is 71.0 Å². The van der Waals surface area contributed by atoms with E-state index in [0.717, 1.165) is 25.0 Å². The first kappa shape index (κ1) is 19.3. The predicted molar refractivity (Wildman–Crippen MR) is 107 cm³/mol. The Hall–Kier alpha value is -0.990. The van der Waals surface area contributed by atoms with Gasteiger partial charge in [0.2, 0.25) is 0 Å². The predicted octanol–water partition coefficient (Wildman–Crippen LogP) is 6.72. The summed E-state index contributed by atoms with van der Waals surface area (Å²) in [5.74, 6) is 1.06. The van der Waals surface area contributed by atoms with E-state index in [1.807, 2.05) is 11.8 Å². The largest absolute Gasteiger partial charge is 0.367 e. The van der Waals surface area contributed by atoms with Gasteiger partial charge in [0, 0.05) is 10.6 Å². The fraction of sp³-hybridized carbons (Fsp3) is 0.545. The van der Waals surface area contributed by atoms with Crippen LogP contribution in [0.2, 0.25) is 0 Å². The minimum Gasteiger partial charge on any atom is -0.367 e. The molecular weight excluding hydrogens is 312 g/mol. The second-order valence-corrected chi connectivity index (χ2v) is 8.61. The molecule has 1 atom stereocenters. The first-order valence-corrected chi connectivity index (χ1v) is 10.0. The highest BCUT2D eigenvalue weighted by Gasteiger charge is 2.46. The summed E-state index contributed by atoms with van der Waals surface area (Å²) in [6, 6.07) is 8.78. The Kier molecular flexibility index (Phi) is 7.18. The van der Waals surface area contributed by atoms with Gasteiger partial charge in [-0.3, -0.25) is 0 Å². The number of benzene rings is 1. The van der Waals surface area contributed by atoms with Crippen LogP contribution in [-0.4, -0.2) is 17.5 Å². The standard InChI is InChI=1S/C22H32OS/c1-17(11-14-21-22(4,5)23-21)7-6-8-18(2)15-16-24-20-12-9-19(3)10-13-20/h7,9-10,12-13,15,21H,6,8,11,14,16H2,1-5H3/b17-7+,18-15+. The highest BCUT2D eigenvalue weighted by atomic mass is 32.2. The van der Waals surface area contributed by atoms with Crippen molar-refractivity contribution >= 4 is 11.8 Å². The third kappa shape index (κ3) is 6.86. The number of hydrogen-bond acceptors (Lipinski definition) is 2. The molecule has 24 heavy (non-hydrogen) atoms. The number of epoxide rings is 1. The van der Waals surface area contributed by atoms with E-state index < -0.39 is 0 Å². The molecule has 0 radical (unpaired) electrons. The summed E-state index contributed by atoms with van der Waals surface area (Å²) in [4.78, 5) is 1.35. The smallest absolute Gasteiger partial charge is 0.0892 e. The van der Waals surface area contributed by atoms with E-state index in [1.54, 1.807) is 0 Å². The molecule has 2 rings (SSSR count). The van der Waals surface area contributed by atoms with Crippen LogP contribution in [0.4, 0.5) is 0 Å². The fourth-order valence-electron chi connectivity index (χ4n) is 2.76. The van der Waals surface area contributed by atoms with Gasteiger partial charge in [0.15, 0.2) is 0 Å². The van der Waals surface area contributed by atoms with Gasteiger partial charge in [0.1, 0.15) is 0 Å². The first-order valence-electron chi connectivity index (χ1n) is 9.05. The molecule has 1 fully saturated rings. The van der Waals surface area contributed by atoms with E-state index in [4.69, 9.17) is 4.74 Å². The molecule has 0 saturated carbocycles. The molecule has 1 aromatic carbocycles. The highest BCUT2D eigenvalue weighted by molar-refractivity contribution is 7.99. The Morgan fingerprint density at radius 1 is 1.08 bits per heavy atom. The molecule has 0 N–H and O–H groups in total. The summed E-state index contributed by atoms with van der Waals surface area (Å²) in [5, 5.41) is 0. The minimum atomic E-state index is 0.134. The number of rotatable bonds is 9. The zero-order valence-electron chi connectivity index (χ0n) is 15.9. The van der Waals surface area contributed by atoms with Gasteiger partial charge >= 0.3 is 0 Å². The topological polar surface area (TPSA) is 12.5 Å². The lowest BCUT2D eigenvalue weighted by atomic mass is 10.0. The van der Waals surface area contributed by atoms with Gasteiger partial charge in [-0.15, -0.1) is 11.8 Å². The third-order valence-corrected chi connectivity index (χ3v) is 5.64. The quantitative estimate of drug-likeness (QED) is 0.280. The number of hydrogen-bond donors (Lipinski definition) is 0. The number of allylic oxidation sites excluding steroid dienone is 3. The summed E-state index contributed by atoms with van der Waals surface area (Å²) in [6.45, 7) is 11.0. The van der Waals surface area contributed by atoms with Crippen LogP contribution in [0.5, 0.6) is 0 Å². The molecule has 0 aromatic heterocycles. The van der Waals surface area contributed by atoms with Crippen LogP contribution in [0.15, 0.2) is 52.5 Å². The summed E-state index contributed by atoms with van der Waals surface area (Å²) < 4.78 is 5.65. The van der Waals surface area contributed by atoms with Gasteiger partial charge in [-0.05, 0) is 72.4 Å². The second kappa shape index (κ2) is 8.92. The fourth-order valence-corrected chi connectivity index (χ4v) is 3.65. The maximum absolute atomic E-state index is 5.65. The van der Waals surface area contributed by atoms with Crippen molar-refractivity contribution in [2.45, 2.75) is 76.9 Å². The second-order valence-electron chi connectivity index (χ2n) is 7.51. The van der Waals surface area contributed by atoms with E-state index in [0.29, 0.717) is 6.10 Å². The van der Waals surface area contributed by atoms with Gasteiger partial charge in [-0.1, -0.05) is 41.0 Å². The summed E-state index contributed by atoms with van der Waals surface area (Å²) in [6.07, 6.45) is 9.89. The van der Waals surface area contributed by atoms with Crippen LogP contribution in [0, 0.1) is 6.92 Å². The molecule has 0 aliphatic carbocycles. The van der Waals surface area contributed by atoms with E-state index in [-0.39, 0.29) is 5.60 Å². The van der Waals surface area contributed by atoms with Crippen LogP contribution in [0.1, 0.15) is 58.9 Å². The maximum atomic E-state index is 5.65. The minimum absolute atomic E-state index is 0.134. The van der Waals surface area contributed by atoms with E-state index >= 15 is 0 Å². The zero-order valence-corrected chi connectivity index (χ0v) is 16.7. The lowest BCUT2D eigenvalue weighted by Gasteiger charge is -2.03. The van der Waals surface area contributed by atoms with Crippen LogP contribution in [-0.2, 0) is 4.74 Å². The van der Waals surface area contributed by atoms with Gasteiger partial charge in [0.05, 0.1) is 11.7 Å². The Labute approximate surface area is 152 Å². The number of ether oxygens (including phenoxy) is 1. The van der Waals surface area contributed by atoms with Crippen LogP contribution < -0.4 is 0 Å². The van der Waals surface area contributed by atoms with Crippen molar-refractivity contribution in [3.05, 3.63) is 53.1 Å². The average Bonchev–Trinajstić information content (AvgIpc) is 3.14. The van der Waals surface area contributed by atoms with Crippen molar-refractivity contribution in [2.75, 3.05) is 5.75 Å². The molecule has 0 bridgehead atoms. The molecule has 1 nitrogen and oxygen atoms in total. The molecule has 0 amide bonds. The van der Waals surface area contributed by atoms with Gasteiger partial charge < -0.3 is 4.74 Å². The Bertz CT molecular complexity index is 580. The normalized spacial score (nSPS) is 20.3. The van der Waals surface area contributed by atoms with Gasteiger partial charge in [0.25, 0.3) is 0 Å². The summed E-state index contributed by atoms with van der Waals surface area (Å²) in [7, 11) is 0. The lowest BCUT2D eigenvalue weighted by Crippen LogP contribution is -2.02. The van der Waals surface area contributed by atoms with Gasteiger partial charge in [-0.2, -0.15) is 0 Å². The van der Waals surface area contributed by atoms with Crippen molar-refractivity contribution in [3.8, 4) is 0 Å².